The maximum absolute atomic E-state index is 11.7. The van der Waals surface area contributed by atoms with Crippen LogP contribution in [0, 0.1) is 6.92 Å². The summed E-state index contributed by atoms with van der Waals surface area (Å²) in [5, 5.41) is 13.1. The number of nitrogens with zero attached hydrogens (tertiary/aromatic N) is 2. The third-order valence-electron chi connectivity index (χ3n) is 2.84. The lowest BCUT2D eigenvalue weighted by Crippen LogP contribution is -2.07. The van der Waals surface area contributed by atoms with E-state index in [1.165, 1.54) is 23.0 Å². The van der Waals surface area contributed by atoms with Gasteiger partial charge >= 0.3 is 11.9 Å². The minimum Gasteiger partial charge on any atom is -0.478 e. The summed E-state index contributed by atoms with van der Waals surface area (Å²) in [4.78, 5) is 22.7. The van der Waals surface area contributed by atoms with E-state index in [1.54, 1.807) is 26.0 Å². The highest BCUT2D eigenvalue weighted by atomic mass is 16.5. The smallest absolute Gasteiger partial charge is 0.341 e. The van der Waals surface area contributed by atoms with Gasteiger partial charge in [-0.1, -0.05) is 6.07 Å². The van der Waals surface area contributed by atoms with Gasteiger partial charge in [0, 0.05) is 0 Å². The third kappa shape index (κ3) is 2.54. The molecule has 0 atom stereocenters. The number of aromatic carboxylic acids is 1. The van der Waals surface area contributed by atoms with Crippen LogP contribution in [-0.2, 0) is 4.74 Å². The first-order valence-corrected chi connectivity index (χ1v) is 6.10. The summed E-state index contributed by atoms with van der Waals surface area (Å²) in [6.45, 7) is 3.75. The molecule has 0 radical (unpaired) electrons. The van der Waals surface area contributed by atoms with Crippen LogP contribution in [0.25, 0.3) is 5.69 Å². The number of hydrogen-bond donors (Lipinski definition) is 1. The van der Waals surface area contributed by atoms with Crippen LogP contribution in [0.15, 0.2) is 30.5 Å². The number of esters is 1. The van der Waals surface area contributed by atoms with Gasteiger partial charge in [-0.05, 0) is 32.0 Å². The van der Waals surface area contributed by atoms with E-state index in [9.17, 15) is 9.59 Å². The summed E-state index contributed by atoms with van der Waals surface area (Å²) in [6, 6.07) is 6.35. The lowest BCUT2D eigenvalue weighted by molar-refractivity contribution is 0.0525. The van der Waals surface area contributed by atoms with E-state index in [4.69, 9.17) is 9.84 Å². The largest absolute Gasteiger partial charge is 0.478 e. The number of ether oxygens (including phenoxy) is 1. The lowest BCUT2D eigenvalue weighted by Gasteiger charge is -2.06. The molecule has 1 aromatic carbocycles. The van der Waals surface area contributed by atoms with Gasteiger partial charge in [-0.2, -0.15) is 5.10 Å². The van der Waals surface area contributed by atoms with Crippen molar-refractivity contribution in [1.82, 2.24) is 9.78 Å². The van der Waals surface area contributed by atoms with Crippen molar-refractivity contribution in [2.45, 2.75) is 13.8 Å². The SMILES string of the molecule is CCOC(=O)c1cnn(-c2cccc(C(=O)O)c2)c1C. The zero-order valence-corrected chi connectivity index (χ0v) is 11.2. The molecular formula is C14H14N2O4. The maximum Gasteiger partial charge on any atom is 0.341 e. The minimum absolute atomic E-state index is 0.162. The van der Waals surface area contributed by atoms with Crippen molar-refractivity contribution in [2.75, 3.05) is 6.61 Å². The standard InChI is InChI=1S/C14H14N2O4/c1-3-20-14(19)12-8-15-16(9(12)2)11-6-4-5-10(7-11)13(17)18/h4-8H,3H2,1-2H3,(H,17,18). The Morgan fingerprint density at radius 3 is 2.80 bits per heavy atom. The molecule has 6 heteroatoms. The van der Waals surface area contributed by atoms with Crippen molar-refractivity contribution in [3.8, 4) is 5.69 Å². The molecule has 0 spiro atoms. The lowest BCUT2D eigenvalue weighted by atomic mass is 10.2. The number of carbonyl (C=O) groups is 2. The predicted molar refractivity (Wildman–Crippen MR) is 71.2 cm³/mol. The Balaban J connectivity index is 2.42. The topological polar surface area (TPSA) is 81.4 Å². The molecule has 104 valence electrons. The molecule has 0 saturated heterocycles. The number of rotatable bonds is 4. The first kappa shape index (κ1) is 13.8. The summed E-state index contributed by atoms with van der Waals surface area (Å²) in [7, 11) is 0. The normalized spacial score (nSPS) is 10.3. The van der Waals surface area contributed by atoms with Gasteiger partial charge in [0.25, 0.3) is 0 Å². The van der Waals surface area contributed by atoms with E-state index < -0.39 is 11.9 Å². The monoisotopic (exact) mass is 274 g/mol. The van der Waals surface area contributed by atoms with Crippen LogP contribution in [0.5, 0.6) is 0 Å². The molecule has 0 aliphatic heterocycles. The van der Waals surface area contributed by atoms with E-state index in [0.717, 1.165) is 0 Å². The molecule has 2 aromatic rings. The highest BCUT2D eigenvalue weighted by Gasteiger charge is 2.16. The van der Waals surface area contributed by atoms with E-state index in [1.807, 2.05) is 0 Å². The number of carbonyl (C=O) groups excluding carboxylic acids is 1. The number of benzene rings is 1. The Kier molecular flexibility index (Phi) is 3.84. The van der Waals surface area contributed by atoms with Crippen LogP contribution in [-0.4, -0.2) is 33.4 Å². The fraction of sp³-hybridized carbons (Fsp3) is 0.214. The summed E-state index contributed by atoms with van der Waals surface area (Å²) in [6.07, 6.45) is 1.42. The van der Waals surface area contributed by atoms with E-state index in [0.29, 0.717) is 16.9 Å². The molecule has 0 amide bonds. The predicted octanol–water partition coefficient (Wildman–Crippen LogP) is 2.06. The number of hydrogen-bond acceptors (Lipinski definition) is 4. The average molecular weight is 274 g/mol. The number of aromatic nitrogens is 2. The van der Waals surface area contributed by atoms with Gasteiger partial charge in [0.1, 0.15) is 5.56 Å². The quantitative estimate of drug-likeness (QED) is 0.863. The summed E-state index contributed by atoms with van der Waals surface area (Å²) in [5.41, 5.74) is 1.71. The molecule has 0 saturated carbocycles. The van der Waals surface area contributed by atoms with Crippen LogP contribution >= 0.6 is 0 Å². The fourth-order valence-electron chi connectivity index (χ4n) is 1.85. The van der Waals surface area contributed by atoms with E-state index >= 15 is 0 Å². The minimum atomic E-state index is -1.01. The zero-order valence-electron chi connectivity index (χ0n) is 11.2. The van der Waals surface area contributed by atoms with Crippen molar-refractivity contribution in [1.29, 1.82) is 0 Å². The maximum atomic E-state index is 11.7. The van der Waals surface area contributed by atoms with Crippen LogP contribution in [0.3, 0.4) is 0 Å². The zero-order chi connectivity index (χ0) is 14.7. The Hall–Kier alpha value is -2.63. The van der Waals surface area contributed by atoms with Crippen LogP contribution in [0.4, 0.5) is 0 Å². The molecular weight excluding hydrogens is 260 g/mol. The first-order chi connectivity index (χ1) is 9.54. The van der Waals surface area contributed by atoms with Crippen molar-refractivity contribution in [3.05, 3.63) is 47.3 Å². The molecule has 6 nitrogen and oxygen atoms in total. The number of carboxylic acids is 1. The molecule has 0 aliphatic carbocycles. The molecule has 1 N–H and O–H groups in total. The van der Waals surface area contributed by atoms with Gasteiger partial charge in [0.05, 0.1) is 29.7 Å². The van der Waals surface area contributed by atoms with Gasteiger partial charge < -0.3 is 9.84 Å². The summed E-state index contributed by atoms with van der Waals surface area (Å²) >= 11 is 0. The average Bonchev–Trinajstić information content (AvgIpc) is 2.81. The summed E-state index contributed by atoms with van der Waals surface area (Å²) in [5.74, 6) is -1.45. The van der Waals surface area contributed by atoms with Gasteiger partial charge in [-0.15, -0.1) is 0 Å². The Morgan fingerprint density at radius 1 is 1.40 bits per heavy atom. The summed E-state index contributed by atoms with van der Waals surface area (Å²) < 4.78 is 6.45. The molecule has 2 rings (SSSR count). The molecule has 1 aromatic heterocycles. The second kappa shape index (κ2) is 5.56. The molecule has 1 heterocycles. The molecule has 0 aliphatic rings. The molecule has 0 unspecified atom stereocenters. The second-order valence-electron chi connectivity index (χ2n) is 4.13. The van der Waals surface area contributed by atoms with E-state index in [-0.39, 0.29) is 12.2 Å². The highest BCUT2D eigenvalue weighted by molar-refractivity contribution is 5.90. The van der Waals surface area contributed by atoms with Gasteiger partial charge in [0.2, 0.25) is 0 Å². The fourth-order valence-corrected chi connectivity index (χ4v) is 1.85. The number of carboxylic acid groups (broad SMARTS) is 1. The molecule has 0 fully saturated rings. The van der Waals surface area contributed by atoms with Crippen molar-refractivity contribution >= 4 is 11.9 Å². The Morgan fingerprint density at radius 2 is 2.15 bits per heavy atom. The van der Waals surface area contributed by atoms with Crippen molar-refractivity contribution in [3.63, 3.8) is 0 Å². The highest BCUT2D eigenvalue weighted by Crippen LogP contribution is 2.16. The van der Waals surface area contributed by atoms with Gasteiger partial charge in [0.15, 0.2) is 0 Å². The van der Waals surface area contributed by atoms with Crippen molar-refractivity contribution < 1.29 is 19.4 Å². The second-order valence-corrected chi connectivity index (χ2v) is 4.13. The van der Waals surface area contributed by atoms with Crippen LogP contribution in [0.1, 0.15) is 33.3 Å². The van der Waals surface area contributed by atoms with E-state index in [2.05, 4.69) is 5.10 Å². The Labute approximate surface area is 115 Å². The Bertz CT molecular complexity index is 661. The van der Waals surface area contributed by atoms with Crippen LogP contribution in [0.2, 0.25) is 0 Å². The first-order valence-electron chi connectivity index (χ1n) is 6.10. The van der Waals surface area contributed by atoms with Gasteiger partial charge in [-0.25, -0.2) is 14.3 Å². The molecule has 20 heavy (non-hydrogen) atoms. The molecule has 0 bridgehead atoms. The van der Waals surface area contributed by atoms with Crippen LogP contribution < -0.4 is 0 Å². The third-order valence-corrected chi connectivity index (χ3v) is 2.84. The van der Waals surface area contributed by atoms with Crippen molar-refractivity contribution in [2.24, 2.45) is 0 Å². The van der Waals surface area contributed by atoms with Gasteiger partial charge in [-0.3, -0.25) is 0 Å².